The van der Waals surface area contributed by atoms with E-state index in [0.717, 1.165) is 35.1 Å². The summed E-state index contributed by atoms with van der Waals surface area (Å²) in [6.45, 7) is 2.08. The van der Waals surface area contributed by atoms with E-state index in [1.54, 1.807) is 14.2 Å². The van der Waals surface area contributed by atoms with Crippen molar-refractivity contribution < 1.29 is 28.9 Å². The Morgan fingerprint density at radius 3 is 2.45 bits per heavy atom. The van der Waals surface area contributed by atoms with Crippen LogP contribution in [-0.2, 0) is 11.2 Å². The quantitative estimate of drug-likeness (QED) is 0.657. The molecule has 2 unspecified atom stereocenters. The molecule has 2 atom stereocenters. The number of benzene rings is 2. The van der Waals surface area contributed by atoms with Gasteiger partial charge in [0.05, 0.1) is 14.2 Å². The van der Waals surface area contributed by atoms with E-state index in [0.29, 0.717) is 36.5 Å². The lowest BCUT2D eigenvalue weighted by Crippen LogP contribution is -2.50. The number of Topliss-reactive ketones (excluding diaryl/α,β-unsaturated/α-hetero) is 1. The van der Waals surface area contributed by atoms with Gasteiger partial charge in [0.2, 0.25) is 5.75 Å². The SMILES string of the molecule is CCC1CCC1(COc1c(-c2cccc3c2CCC3=O)ccc(OC)c1OC)C(=O)O. The maximum atomic E-state index is 12.3. The topological polar surface area (TPSA) is 82.1 Å². The molecule has 0 amide bonds. The van der Waals surface area contributed by atoms with Gasteiger partial charge in [0, 0.05) is 17.5 Å². The molecule has 1 saturated carbocycles. The zero-order chi connectivity index (χ0) is 22.2. The fourth-order valence-corrected chi connectivity index (χ4v) is 5.02. The zero-order valence-electron chi connectivity index (χ0n) is 18.2. The Morgan fingerprint density at radius 1 is 1.06 bits per heavy atom. The Kier molecular flexibility index (Phi) is 5.65. The molecule has 2 aliphatic carbocycles. The van der Waals surface area contributed by atoms with Gasteiger partial charge in [-0.25, -0.2) is 0 Å². The maximum Gasteiger partial charge on any atom is 0.313 e. The van der Waals surface area contributed by atoms with Crippen molar-refractivity contribution in [1.29, 1.82) is 0 Å². The van der Waals surface area contributed by atoms with E-state index in [4.69, 9.17) is 14.2 Å². The standard InChI is InChI=1S/C25H28O6/c1-4-15-12-13-25(15,24(27)28)14-31-22-19(9-11-21(29-2)23(22)30-3)16-6-5-7-18-17(16)8-10-20(18)26/h5-7,9,11,15H,4,8,10,12-14H2,1-3H3,(H,27,28). The van der Waals surface area contributed by atoms with Crippen molar-refractivity contribution >= 4 is 11.8 Å². The fraction of sp³-hybridized carbons (Fsp3) is 0.440. The van der Waals surface area contributed by atoms with E-state index in [1.165, 1.54) is 0 Å². The second-order valence-corrected chi connectivity index (χ2v) is 8.33. The highest BCUT2D eigenvalue weighted by Crippen LogP contribution is 2.51. The number of fused-ring (bicyclic) bond motifs is 1. The summed E-state index contributed by atoms with van der Waals surface area (Å²) in [5, 5.41) is 9.96. The van der Waals surface area contributed by atoms with Gasteiger partial charge >= 0.3 is 5.97 Å². The number of hydrogen-bond acceptors (Lipinski definition) is 5. The van der Waals surface area contributed by atoms with Crippen LogP contribution in [0.15, 0.2) is 30.3 Å². The van der Waals surface area contributed by atoms with Crippen molar-refractivity contribution in [2.45, 2.75) is 39.0 Å². The van der Waals surface area contributed by atoms with Crippen LogP contribution in [0.3, 0.4) is 0 Å². The molecule has 0 spiro atoms. The number of methoxy groups -OCH3 is 2. The highest BCUT2D eigenvalue weighted by molar-refractivity contribution is 6.02. The van der Waals surface area contributed by atoms with Crippen LogP contribution < -0.4 is 14.2 Å². The largest absolute Gasteiger partial charge is 0.493 e. The molecule has 164 valence electrons. The number of hydrogen-bond donors (Lipinski definition) is 1. The lowest BCUT2D eigenvalue weighted by atomic mass is 9.59. The number of carbonyl (C=O) groups is 2. The first kappa shape index (κ1) is 21.2. The Bertz CT molecular complexity index is 1020. The molecule has 31 heavy (non-hydrogen) atoms. The summed E-state index contributed by atoms with van der Waals surface area (Å²) in [6, 6.07) is 9.39. The fourth-order valence-electron chi connectivity index (χ4n) is 5.02. The van der Waals surface area contributed by atoms with Crippen molar-refractivity contribution in [2.24, 2.45) is 11.3 Å². The van der Waals surface area contributed by atoms with E-state index in [9.17, 15) is 14.7 Å². The van der Waals surface area contributed by atoms with Crippen LogP contribution in [0.25, 0.3) is 11.1 Å². The van der Waals surface area contributed by atoms with E-state index in [2.05, 4.69) is 0 Å². The summed E-state index contributed by atoms with van der Waals surface area (Å²) >= 11 is 0. The van der Waals surface area contributed by atoms with Gasteiger partial charge in [-0.3, -0.25) is 9.59 Å². The van der Waals surface area contributed by atoms with Crippen molar-refractivity contribution in [3.63, 3.8) is 0 Å². The van der Waals surface area contributed by atoms with Crippen LogP contribution in [-0.4, -0.2) is 37.7 Å². The Morgan fingerprint density at radius 2 is 1.84 bits per heavy atom. The second kappa shape index (κ2) is 8.25. The summed E-state index contributed by atoms with van der Waals surface area (Å²) in [6.07, 6.45) is 3.46. The summed E-state index contributed by atoms with van der Waals surface area (Å²) in [5.41, 5.74) is 2.52. The molecule has 0 aromatic heterocycles. The molecular formula is C25H28O6. The number of carboxylic acid groups (broad SMARTS) is 1. The smallest absolute Gasteiger partial charge is 0.313 e. The van der Waals surface area contributed by atoms with Gasteiger partial charge in [-0.15, -0.1) is 0 Å². The number of ether oxygens (including phenoxy) is 3. The van der Waals surface area contributed by atoms with E-state index >= 15 is 0 Å². The van der Waals surface area contributed by atoms with E-state index < -0.39 is 11.4 Å². The zero-order valence-corrected chi connectivity index (χ0v) is 18.2. The molecule has 4 rings (SSSR count). The van der Waals surface area contributed by atoms with Crippen LogP contribution in [0.1, 0.15) is 48.5 Å². The van der Waals surface area contributed by atoms with Crippen molar-refractivity contribution in [3.05, 3.63) is 41.5 Å². The third kappa shape index (κ3) is 3.34. The molecule has 0 radical (unpaired) electrons. The minimum atomic E-state index is -0.894. The van der Waals surface area contributed by atoms with Crippen LogP contribution in [0.5, 0.6) is 17.2 Å². The predicted octanol–water partition coefficient (Wildman–Crippen LogP) is 4.77. The Hall–Kier alpha value is -3.02. The molecule has 6 nitrogen and oxygen atoms in total. The molecule has 2 aliphatic rings. The van der Waals surface area contributed by atoms with Crippen molar-refractivity contribution in [3.8, 4) is 28.4 Å². The Labute approximate surface area is 182 Å². The lowest BCUT2D eigenvalue weighted by molar-refractivity contribution is -0.165. The molecule has 0 aliphatic heterocycles. The number of rotatable bonds is 8. The van der Waals surface area contributed by atoms with Gasteiger partial charge in [0.15, 0.2) is 17.3 Å². The first-order chi connectivity index (χ1) is 15.0. The number of carboxylic acids is 1. The van der Waals surface area contributed by atoms with Gasteiger partial charge < -0.3 is 19.3 Å². The predicted molar refractivity (Wildman–Crippen MR) is 116 cm³/mol. The summed E-state index contributed by atoms with van der Waals surface area (Å²) < 4.78 is 17.4. The maximum absolute atomic E-state index is 12.3. The van der Waals surface area contributed by atoms with Gasteiger partial charge in [0.25, 0.3) is 0 Å². The molecule has 2 aromatic carbocycles. The summed E-state index contributed by atoms with van der Waals surface area (Å²) in [5.74, 6) is 0.801. The minimum Gasteiger partial charge on any atom is -0.493 e. The van der Waals surface area contributed by atoms with Gasteiger partial charge in [-0.05, 0) is 48.4 Å². The molecule has 0 saturated heterocycles. The number of aliphatic carboxylic acids is 1. The van der Waals surface area contributed by atoms with Crippen LogP contribution in [0, 0.1) is 11.3 Å². The minimum absolute atomic E-state index is 0.0608. The number of carbonyl (C=O) groups excluding carboxylic acids is 1. The highest BCUT2D eigenvalue weighted by Gasteiger charge is 2.53. The van der Waals surface area contributed by atoms with E-state index in [-0.39, 0.29) is 18.3 Å². The molecule has 6 heteroatoms. The average Bonchev–Trinajstić information content (AvgIpc) is 3.14. The monoisotopic (exact) mass is 424 g/mol. The lowest BCUT2D eigenvalue weighted by Gasteiger charge is -2.45. The number of ketones is 1. The molecule has 2 aromatic rings. The third-order valence-electron chi connectivity index (χ3n) is 6.98. The van der Waals surface area contributed by atoms with Crippen LogP contribution in [0.2, 0.25) is 0 Å². The first-order valence-corrected chi connectivity index (χ1v) is 10.7. The van der Waals surface area contributed by atoms with Crippen LogP contribution >= 0.6 is 0 Å². The second-order valence-electron chi connectivity index (χ2n) is 8.33. The van der Waals surface area contributed by atoms with Gasteiger partial charge in [0.1, 0.15) is 12.0 Å². The van der Waals surface area contributed by atoms with Gasteiger partial charge in [-0.2, -0.15) is 0 Å². The first-order valence-electron chi connectivity index (χ1n) is 10.7. The Balaban J connectivity index is 1.80. The van der Waals surface area contributed by atoms with Crippen LogP contribution in [0.4, 0.5) is 0 Å². The molecule has 0 heterocycles. The normalized spacial score (nSPS) is 21.9. The van der Waals surface area contributed by atoms with Crippen molar-refractivity contribution in [1.82, 2.24) is 0 Å². The average molecular weight is 424 g/mol. The molecule has 0 bridgehead atoms. The summed E-state index contributed by atoms with van der Waals surface area (Å²) in [4.78, 5) is 24.4. The molecular weight excluding hydrogens is 396 g/mol. The third-order valence-corrected chi connectivity index (χ3v) is 6.98. The summed E-state index contributed by atoms with van der Waals surface area (Å²) in [7, 11) is 3.09. The molecule has 1 fully saturated rings. The molecule has 1 N–H and O–H groups in total. The highest BCUT2D eigenvalue weighted by atomic mass is 16.5. The van der Waals surface area contributed by atoms with Crippen molar-refractivity contribution in [2.75, 3.05) is 20.8 Å². The van der Waals surface area contributed by atoms with Gasteiger partial charge in [-0.1, -0.05) is 31.5 Å². The van der Waals surface area contributed by atoms with E-state index in [1.807, 2.05) is 37.3 Å².